The van der Waals surface area contributed by atoms with Gasteiger partial charge in [-0.15, -0.1) is 0 Å². The van der Waals surface area contributed by atoms with Gasteiger partial charge in [-0.25, -0.2) is 0 Å². The maximum absolute atomic E-state index is 5.64. The van der Waals surface area contributed by atoms with E-state index >= 15 is 0 Å². The van der Waals surface area contributed by atoms with Gasteiger partial charge in [0.1, 0.15) is 11.5 Å². The van der Waals surface area contributed by atoms with Crippen molar-refractivity contribution in [2.24, 2.45) is 0 Å². The molecule has 0 radical (unpaired) electrons. The highest BCUT2D eigenvalue weighted by molar-refractivity contribution is 5.47. The van der Waals surface area contributed by atoms with E-state index in [0.717, 1.165) is 18.1 Å². The summed E-state index contributed by atoms with van der Waals surface area (Å²) < 4.78 is 11.1. The Labute approximate surface area is 125 Å². The Morgan fingerprint density at radius 2 is 2.10 bits per heavy atom. The molecule has 21 heavy (non-hydrogen) atoms. The summed E-state index contributed by atoms with van der Waals surface area (Å²) in [4.78, 5) is 0. The summed E-state index contributed by atoms with van der Waals surface area (Å²) in [7, 11) is 1.74. The van der Waals surface area contributed by atoms with Gasteiger partial charge in [0.2, 0.25) is 0 Å². The monoisotopic (exact) mass is 283 g/mol. The molecule has 1 aromatic heterocycles. The van der Waals surface area contributed by atoms with Crippen LogP contribution in [0.4, 0.5) is 0 Å². The first-order chi connectivity index (χ1) is 10.3. The first-order valence-electron chi connectivity index (χ1n) is 7.78. The maximum Gasteiger partial charge on any atom is 0.125 e. The molecule has 2 heterocycles. The molecule has 3 nitrogen and oxygen atoms in total. The predicted molar refractivity (Wildman–Crippen MR) is 81.7 cm³/mol. The van der Waals surface area contributed by atoms with Gasteiger partial charge in [-0.05, 0) is 48.2 Å². The molecule has 1 fully saturated rings. The van der Waals surface area contributed by atoms with Crippen LogP contribution in [0.2, 0.25) is 0 Å². The molecule has 0 bridgehead atoms. The van der Waals surface area contributed by atoms with E-state index in [4.69, 9.17) is 9.15 Å². The van der Waals surface area contributed by atoms with Crippen LogP contribution in [0.25, 0.3) is 0 Å². The van der Waals surface area contributed by atoms with Gasteiger partial charge >= 0.3 is 0 Å². The molecular weight excluding hydrogens is 262 g/mol. The molecule has 0 saturated heterocycles. The van der Waals surface area contributed by atoms with Crippen molar-refractivity contribution in [2.45, 2.75) is 37.1 Å². The van der Waals surface area contributed by atoms with Crippen LogP contribution in [-0.2, 0) is 5.41 Å². The van der Waals surface area contributed by atoms with E-state index in [0.29, 0.717) is 0 Å². The molecule has 1 unspecified atom stereocenters. The largest absolute Gasteiger partial charge is 0.497 e. The molecule has 0 amide bonds. The Morgan fingerprint density at radius 1 is 1.24 bits per heavy atom. The Morgan fingerprint density at radius 3 is 2.81 bits per heavy atom. The van der Waals surface area contributed by atoms with Gasteiger partial charge in [-0.2, -0.15) is 0 Å². The van der Waals surface area contributed by atoms with Crippen LogP contribution in [0.15, 0.2) is 41.0 Å². The maximum atomic E-state index is 5.64. The molecule has 1 aromatic carbocycles. The third-order valence-corrected chi connectivity index (χ3v) is 5.18. The highest BCUT2D eigenvalue weighted by Crippen LogP contribution is 2.48. The van der Waals surface area contributed by atoms with Crippen LogP contribution in [-0.4, -0.2) is 13.7 Å². The third kappa shape index (κ3) is 1.99. The van der Waals surface area contributed by atoms with Crippen molar-refractivity contribution in [3.05, 3.63) is 53.5 Å². The Balaban J connectivity index is 1.84. The van der Waals surface area contributed by atoms with Crippen molar-refractivity contribution < 1.29 is 9.15 Å². The predicted octanol–water partition coefficient (Wildman–Crippen LogP) is 3.79. The lowest BCUT2D eigenvalue weighted by atomic mass is 9.72. The molecule has 2 aliphatic rings. The zero-order valence-electron chi connectivity index (χ0n) is 12.4. The van der Waals surface area contributed by atoms with Crippen molar-refractivity contribution in [1.82, 2.24) is 5.32 Å². The highest BCUT2D eigenvalue weighted by Gasteiger charge is 2.42. The molecule has 1 aliphatic heterocycles. The topological polar surface area (TPSA) is 34.4 Å². The first kappa shape index (κ1) is 13.0. The number of fused-ring (bicyclic) bond motifs is 2. The van der Waals surface area contributed by atoms with Gasteiger partial charge in [0.05, 0.1) is 19.4 Å². The second kappa shape index (κ2) is 4.92. The molecule has 1 aliphatic carbocycles. The second-order valence-corrected chi connectivity index (χ2v) is 6.27. The number of hydrogen-bond acceptors (Lipinski definition) is 3. The summed E-state index contributed by atoms with van der Waals surface area (Å²) in [6, 6.07) is 10.7. The molecular formula is C18H21NO2. The van der Waals surface area contributed by atoms with Gasteiger partial charge in [0, 0.05) is 12.0 Å². The minimum absolute atomic E-state index is 0.159. The lowest BCUT2D eigenvalue weighted by Crippen LogP contribution is -2.44. The fraction of sp³-hybridized carbons (Fsp3) is 0.444. The van der Waals surface area contributed by atoms with Crippen molar-refractivity contribution >= 4 is 0 Å². The van der Waals surface area contributed by atoms with Crippen LogP contribution in [0, 0.1) is 0 Å². The summed E-state index contributed by atoms with van der Waals surface area (Å²) in [6.07, 6.45) is 6.93. The summed E-state index contributed by atoms with van der Waals surface area (Å²) in [6.45, 7) is 1.03. The zero-order valence-corrected chi connectivity index (χ0v) is 12.4. The van der Waals surface area contributed by atoms with Gasteiger partial charge < -0.3 is 14.5 Å². The lowest BCUT2D eigenvalue weighted by molar-refractivity contribution is 0.331. The highest BCUT2D eigenvalue weighted by atomic mass is 16.5. The summed E-state index contributed by atoms with van der Waals surface area (Å²) in [5, 5.41) is 3.71. The van der Waals surface area contributed by atoms with E-state index in [2.05, 4.69) is 29.6 Å². The van der Waals surface area contributed by atoms with Crippen LogP contribution < -0.4 is 10.1 Å². The van der Waals surface area contributed by atoms with E-state index in [9.17, 15) is 0 Å². The van der Waals surface area contributed by atoms with E-state index in [1.807, 2.05) is 6.07 Å². The quantitative estimate of drug-likeness (QED) is 0.910. The summed E-state index contributed by atoms with van der Waals surface area (Å²) in [5.74, 6) is 1.95. The Hall–Kier alpha value is -1.74. The fourth-order valence-electron chi connectivity index (χ4n) is 4.08. The SMILES string of the molecule is COc1ccc2c(c1)C1(CCCC1)CNC2c1ccco1. The minimum atomic E-state index is 0.159. The van der Waals surface area contributed by atoms with Gasteiger partial charge in [-0.1, -0.05) is 18.9 Å². The molecule has 2 aromatic rings. The molecule has 110 valence electrons. The van der Waals surface area contributed by atoms with E-state index in [1.165, 1.54) is 36.8 Å². The van der Waals surface area contributed by atoms with Gasteiger partial charge in [0.15, 0.2) is 0 Å². The van der Waals surface area contributed by atoms with Gasteiger partial charge in [0.25, 0.3) is 0 Å². The number of rotatable bonds is 2. The molecule has 3 heteroatoms. The number of benzene rings is 1. The van der Waals surface area contributed by atoms with Crippen LogP contribution in [0.3, 0.4) is 0 Å². The number of methoxy groups -OCH3 is 1. The van der Waals surface area contributed by atoms with Crippen LogP contribution in [0.1, 0.15) is 48.6 Å². The average molecular weight is 283 g/mol. The zero-order chi connectivity index (χ0) is 14.3. The Bertz CT molecular complexity index is 627. The van der Waals surface area contributed by atoms with Crippen molar-refractivity contribution in [3.8, 4) is 5.75 Å². The Kier molecular flexibility index (Phi) is 3.03. The molecule has 1 spiro atoms. The third-order valence-electron chi connectivity index (χ3n) is 5.18. The number of nitrogens with one attached hydrogen (secondary N) is 1. The average Bonchev–Trinajstić information content (AvgIpc) is 3.20. The van der Waals surface area contributed by atoms with Crippen molar-refractivity contribution in [1.29, 1.82) is 0 Å². The van der Waals surface area contributed by atoms with Crippen LogP contribution in [0.5, 0.6) is 5.75 Å². The molecule has 4 rings (SSSR count). The molecule has 1 N–H and O–H groups in total. The molecule has 1 atom stereocenters. The lowest BCUT2D eigenvalue weighted by Gasteiger charge is -2.40. The molecule has 1 saturated carbocycles. The van der Waals surface area contributed by atoms with E-state index < -0.39 is 0 Å². The number of hydrogen-bond donors (Lipinski definition) is 1. The second-order valence-electron chi connectivity index (χ2n) is 6.27. The van der Waals surface area contributed by atoms with E-state index in [1.54, 1.807) is 13.4 Å². The smallest absolute Gasteiger partial charge is 0.125 e. The minimum Gasteiger partial charge on any atom is -0.497 e. The number of ether oxygens (including phenoxy) is 1. The van der Waals surface area contributed by atoms with Crippen molar-refractivity contribution in [2.75, 3.05) is 13.7 Å². The van der Waals surface area contributed by atoms with Crippen molar-refractivity contribution in [3.63, 3.8) is 0 Å². The standard InChI is InChI=1S/C18H21NO2/c1-20-13-6-7-14-15(11-13)18(8-2-3-9-18)12-19-17(14)16-5-4-10-21-16/h4-7,10-11,17,19H,2-3,8-9,12H2,1H3. The first-order valence-corrected chi connectivity index (χ1v) is 7.78. The van der Waals surface area contributed by atoms with E-state index in [-0.39, 0.29) is 11.5 Å². The number of furan rings is 1. The van der Waals surface area contributed by atoms with Crippen LogP contribution >= 0.6 is 0 Å². The summed E-state index contributed by atoms with van der Waals surface area (Å²) in [5.41, 5.74) is 3.09. The van der Waals surface area contributed by atoms with Gasteiger partial charge in [-0.3, -0.25) is 0 Å². The summed E-state index contributed by atoms with van der Waals surface area (Å²) >= 11 is 0. The fourth-order valence-corrected chi connectivity index (χ4v) is 4.08. The normalized spacial score (nSPS) is 23.2.